The maximum atomic E-state index is 14.2. The minimum absolute atomic E-state index is 0.0811. The van der Waals surface area contributed by atoms with Crippen LogP contribution in [-0.4, -0.2) is 98.2 Å². The Labute approximate surface area is 309 Å². The summed E-state index contributed by atoms with van der Waals surface area (Å²) in [7, 11) is -7.61. The van der Waals surface area contributed by atoms with Gasteiger partial charge < -0.3 is 4.74 Å². The second kappa shape index (κ2) is 17.4. The zero-order valence-electron chi connectivity index (χ0n) is 28.5. The van der Waals surface area contributed by atoms with Crippen molar-refractivity contribution in [1.82, 2.24) is 4.72 Å². The normalized spacial score (nSPS) is 15.5. The van der Waals surface area contributed by atoms with Crippen LogP contribution in [0.2, 0.25) is 0 Å². The molecule has 0 aromatic heterocycles. The SMILES string of the molecule is C=C(C)C(=O)OCCCCCCCCCCCNS(=O)(=O)C(F)(F)C(F)(F)C(F)(F)C(F)(F)C(F)(F)C(F)(F)C(F)(F)C(F)(F)C(F)(F)C(F)(F)C(F)(F)C(F)(F)F. The standard InChI is InChI=1S/C27H28F25NO4S/c1-14(2)15(54)57-13-11-9-7-5-3-4-6-8-10-12-53-58(55,56)27(51,52)25(46,47)23(42,43)21(38,39)19(34,35)17(30,31)16(28,29)18(32,33)20(36,37)22(40,41)24(44,45)26(48,49)50/h53H,1,3-13H2,2H3. The third-order valence-corrected chi connectivity index (χ3v) is 9.32. The summed E-state index contributed by atoms with van der Waals surface area (Å²) < 4.78 is 369. The Morgan fingerprint density at radius 3 is 1.00 bits per heavy atom. The maximum absolute atomic E-state index is 14.2. The molecule has 31 heteroatoms. The van der Waals surface area contributed by atoms with Gasteiger partial charge in [0, 0.05) is 12.1 Å². The molecule has 5 nitrogen and oxygen atoms in total. The molecule has 0 spiro atoms. The lowest BCUT2D eigenvalue weighted by Crippen LogP contribution is -2.78. The van der Waals surface area contributed by atoms with Gasteiger partial charge >= 0.3 is 76.6 Å². The predicted octanol–water partition coefficient (Wildman–Crippen LogP) is 11.0. The van der Waals surface area contributed by atoms with Crippen LogP contribution in [-0.2, 0) is 19.6 Å². The average molecular weight is 938 g/mol. The number of esters is 1. The van der Waals surface area contributed by atoms with E-state index in [0.717, 1.165) is 0 Å². The van der Waals surface area contributed by atoms with E-state index in [1.807, 2.05) is 0 Å². The van der Waals surface area contributed by atoms with Crippen molar-refractivity contribution < 1.29 is 128 Å². The van der Waals surface area contributed by atoms with Crippen molar-refractivity contribution >= 4 is 16.0 Å². The first kappa shape index (κ1) is 55.4. The van der Waals surface area contributed by atoms with Crippen LogP contribution in [0.1, 0.15) is 64.7 Å². The van der Waals surface area contributed by atoms with Gasteiger partial charge in [-0.25, -0.2) is 17.9 Å². The molecule has 0 aromatic rings. The fraction of sp³-hybridized carbons (Fsp3) is 0.889. The van der Waals surface area contributed by atoms with E-state index in [2.05, 4.69) is 6.58 Å². The minimum Gasteiger partial charge on any atom is -0.462 e. The molecule has 58 heavy (non-hydrogen) atoms. The highest BCUT2D eigenvalue weighted by Crippen LogP contribution is 2.68. The molecule has 0 aromatic carbocycles. The van der Waals surface area contributed by atoms with E-state index in [1.54, 1.807) is 0 Å². The molecule has 0 unspecified atom stereocenters. The quantitative estimate of drug-likeness (QED) is 0.0428. The Hall–Kier alpha value is -2.63. The number of hydrogen-bond acceptors (Lipinski definition) is 4. The highest BCUT2D eigenvalue weighted by atomic mass is 32.2. The number of halogens is 25. The zero-order chi connectivity index (χ0) is 46.8. The fourth-order valence-corrected chi connectivity index (χ4v) is 5.22. The van der Waals surface area contributed by atoms with Crippen LogP contribution < -0.4 is 4.72 Å². The van der Waals surface area contributed by atoms with Crippen molar-refractivity contribution in [2.24, 2.45) is 0 Å². The van der Waals surface area contributed by atoms with Gasteiger partial charge in [0.25, 0.3) is 10.0 Å². The van der Waals surface area contributed by atoms with Crippen LogP contribution in [0.25, 0.3) is 0 Å². The molecular formula is C27H28F25NO4S. The molecule has 0 aliphatic rings. The highest BCUT2D eigenvalue weighted by molar-refractivity contribution is 7.90. The molecule has 0 aliphatic carbocycles. The monoisotopic (exact) mass is 937 g/mol. The van der Waals surface area contributed by atoms with Gasteiger partial charge in [0.05, 0.1) is 6.61 Å². The Balaban J connectivity index is 6.11. The van der Waals surface area contributed by atoms with Gasteiger partial charge in [-0.2, -0.15) is 110 Å². The average Bonchev–Trinajstić information content (AvgIpc) is 3.04. The van der Waals surface area contributed by atoms with Crippen LogP contribution >= 0.6 is 0 Å². The van der Waals surface area contributed by atoms with Crippen LogP contribution in [0, 0.1) is 0 Å². The molecule has 0 aliphatic heterocycles. The Bertz CT molecular complexity index is 1520. The number of unbranched alkanes of at least 4 members (excludes halogenated alkanes) is 8. The first-order valence-electron chi connectivity index (χ1n) is 15.4. The van der Waals surface area contributed by atoms with Crippen molar-refractivity contribution in [1.29, 1.82) is 0 Å². The van der Waals surface area contributed by atoms with Crippen molar-refractivity contribution in [3.8, 4) is 0 Å². The number of ether oxygens (including phenoxy) is 1. The summed E-state index contributed by atoms with van der Waals surface area (Å²) in [6.07, 6.45) is -6.03. The van der Waals surface area contributed by atoms with Crippen LogP contribution in [0.4, 0.5) is 110 Å². The van der Waals surface area contributed by atoms with Crippen molar-refractivity contribution in [2.75, 3.05) is 13.2 Å². The largest absolute Gasteiger partial charge is 0.462 e. The molecule has 0 heterocycles. The molecule has 0 saturated heterocycles. The first-order chi connectivity index (χ1) is 25.3. The van der Waals surface area contributed by atoms with E-state index in [4.69, 9.17) is 4.74 Å². The van der Waals surface area contributed by atoms with Crippen LogP contribution in [0.15, 0.2) is 12.2 Å². The van der Waals surface area contributed by atoms with E-state index in [1.165, 1.54) is 6.92 Å². The summed E-state index contributed by atoms with van der Waals surface area (Å²) in [6.45, 7) is 3.36. The highest BCUT2D eigenvalue weighted by Gasteiger charge is 3.00. The Morgan fingerprint density at radius 2 is 0.707 bits per heavy atom. The van der Waals surface area contributed by atoms with Crippen LogP contribution in [0.5, 0.6) is 0 Å². The number of hydrogen-bond donors (Lipinski definition) is 1. The number of nitrogens with one attached hydrogen (secondary N) is 1. The summed E-state index contributed by atoms with van der Waals surface area (Å²) in [6, 6.07) is 0. The lowest BCUT2D eigenvalue weighted by Gasteiger charge is -2.45. The molecule has 0 atom stereocenters. The number of sulfonamides is 1. The lowest BCUT2D eigenvalue weighted by molar-refractivity contribution is -0.480. The molecule has 0 fully saturated rings. The Kier molecular flexibility index (Phi) is 16.6. The first-order valence-corrected chi connectivity index (χ1v) is 16.9. The molecule has 0 radical (unpaired) electrons. The lowest BCUT2D eigenvalue weighted by atomic mass is 9.85. The molecule has 1 N–H and O–H groups in total. The van der Waals surface area contributed by atoms with Gasteiger partial charge in [-0.1, -0.05) is 51.5 Å². The van der Waals surface area contributed by atoms with E-state index >= 15 is 0 Å². The van der Waals surface area contributed by atoms with Crippen molar-refractivity contribution in [2.45, 2.75) is 135 Å². The predicted molar refractivity (Wildman–Crippen MR) is 145 cm³/mol. The molecule has 0 saturated carbocycles. The third-order valence-electron chi connectivity index (χ3n) is 7.80. The summed E-state index contributed by atoms with van der Waals surface area (Å²) in [5.41, 5.74) is 0.161. The van der Waals surface area contributed by atoms with E-state index < -0.39 is 99.6 Å². The molecule has 346 valence electrons. The van der Waals surface area contributed by atoms with E-state index in [0.29, 0.717) is 43.2 Å². The van der Waals surface area contributed by atoms with Gasteiger partial charge in [0.15, 0.2) is 0 Å². The third kappa shape index (κ3) is 9.17. The van der Waals surface area contributed by atoms with Crippen LogP contribution in [0.3, 0.4) is 0 Å². The summed E-state index contributed by atoms with van der Waals surface area (Å²) >= 11 is 0. The minimum atomic E-state index is -9.74. The maximum Gasteiger partial charge on any atom is 0.460 e. The summed E-state index contributed by atoms with van der Waals surface area (Å²) in [5, 5.41) is -7.92. The van der Waals surface area contributed by atoms with Gasteiger partial charge in [0.2, 0.25) is 0 Å². The van der Waals surface area contributed by atoms with E-state index in [9.17, 15) is 123 Å². The fourth-order valence-electron chi connectivity index (χ4n) is 4.16. The zero-order valence-corrected chi connectivity index (χ0v) is 29.3. The van der Waals surface area contributed by atoms with Gasteiger partial charge in [-0.3, -0.25) is 0 Å². The van der Waals surface area contributed by atoms with E-state index in [-0.39, 0.29) is 25.0 Å². The molecule has 0 rings (SSSR count). The smallest absolute Gasteiger partial charge is 0.460 e. The molecular weight excluding hydrogens is 909 g/mol. The second-order valence-corrected chi connectivity index (χ2v) is 14.1. The molecule has 0 bridgehead atoms. The Morgan fingerprint density at radius 1 is 0.448 bits per heavy atom. The van der Waals surface area contributed by atoms with Gasteiger partial charge in [-0.05, 0) is 19.8 Å². The summed E-state index contributed by atoms with van der Waals surface area (Å²) in [4.78, 5) is 11.2. The van der Waals surface area contributed by atoms with Crippen molar-refractivity contribution in [3.05, 3.63) is 12.2 Å². The van der Waals surface area contributed by atoms with Crippen molar-refractivity contribution in [3.63, 3.8) is 0 Å². The number of carbonyl (C=O) groups is 1. The second-order valence-electron chi connectivity index (χ2n) is 12.3. The topological polar surface area (TPSA) is 72.5 Å². The molecule has 0 amide bonds. The van der Waals surface area contributed by atoms with Gasteiger partial charge in [0.1, 0.15) is 0 Å². The summed E-state index contributed by atoms with van der Waals surface area (Å²) in [5.74, 6) is -94.3. The number of alkyl halides is 25. The number of rotatable bonds is 25. The number of carbonyl (C=O) groups excluding carboxylic acids is 1. The van der Waals surface area contributed by atoms with Gasteiger partial charge in [-0.15, -0.1) is 0 Å².